The predicted octanol–water partition coefficient (Wildman–Crippen LogP) is 3.79. The van der Waals surface area contributed by atoms with Gasteiger partial charge in [0.1, 0.15) is 0 Å². The maximum atomic E-state index is 5.33. The standard InChI is InChI=1S/C18H22N4S/c1-2-3-13-22(16-7-5-4-6-8-16)17-11-9-15(10-12-17)14-20-21-18(19)23/h4-12,14H,2-3,13H2,1H3,(H3,19,21,23). The fourth-order valence-electron chi connectivity index (χ4n) is 2.24. The fourth-order valence-corrected chi connectivity index (χ4v) is 2.29. The molecule has 0 aliphatic heterocycles. The molecule has 2 aromatic carbocycles. The van der Waals surface area contributed by atoms with Crippen LogP contribution < -0.4 is 16.1 Å². The van der Waals surface area contributed by atoms with Crippen molar-refractivity contribution < 1.29 is 0 Å². The summed E-state index contributed by atoms with van der Waals surface area (Å²) < 4.78 is 0. The molecule has 2 aromatic rings. The molecular weight excluding hydrogens is 304 g/mol. The summed E-state index contributed by atoms with van der Waals surface area (Å²) in [5.74, 6) is 0. The van der Waals surface area contributed by atoms with E-state index >= 15 is 0 Å². The van der Waals surface area contributed by atoms with Gasteiger partial charge in [-0.25, -0.2) is 0 Å². The monoisotopic (exact) mass is 326 g/mol. The van der Waals surface area contributed by atoms with Crippen molar-refractivity contribution in [2.75, 3.05) is 11.4 Å². The van der Waals surface area contributed by atoms with E-state index in [0.29, 0.717) is 0 Å². The Hall–Kier alpha value is -2.40. The minimum atomic E-state index is 0.160. The van der Waals surface area contributed by atoms with Crippen molar-refractivity contribution in [1.82, 2.24) is 5.43 Å². The van der Waals surface area contributed by atoms with E-state index in [-0.39, 0.29) is 5.11 Å². The summed E-state index contributed by atoms with van der Waals surface area (Å²) in [4.78, 5) is 2.33. The Morgan fingerprint density at radius 2 is 1.78 bits per heavy atom. The minimum Gasteiger partial charge on any atom is -0.375 e. The molecule has 0 radical (unpaired) electrons. The molecule has 0 unspecified atom stereocenters. The van der Waals surface area contributed by atoms with Crippen molar-refractivity contribution in [2.45, 2.75) is 19.8 Å². The maximum absolute atomic E-state index is 5.33. The van der Waals surface area contributed by atoms with Gasteiger partial charge < -0.3 is 10.6 Å². The van der Waals surface area contributed by atoms with Crippen molar-refractivity contribution >= 4 is 34.9 Å². The highest BCUT2D eigenvalue weighted by Crippen LogP contribution is 2.25. The highest BCUT2D eigenvalue weighted by atomic mass is 32.1. The van der Waals surface area contributed by atoms with Crippen LogP contribution in [0.25, 0.3) is 0 Å². The average molecular weight is 326 g/mol. The van der Waals surface area contributed by atoms with Crippen LogP contribution in [-0.2, 0) is 0 Å². The van der Waals surface area contributed by atoms with E-state index in [1.807, 2.05) is 18.2 Å². The Labute approximate surface area is 143 Å². The first-order valence-corrected chi connectivity index (χ1v) is 8.12. The topological polar surface area (TPSA) is 53.6 Å². The third-order valence-corrected chi connectivity index (χ3v) is 3.49. The van der Waals surface area contributed by atoms with E-state index in [2.05, 4.69) is 58.7 Å². The highest BCUT2D eigenvalue weighted by Gasteiger charge is 2.08. The average Bonchev–Trinajstić information content (AvgIpc) is 2.57. The fraction of sp³-hybridized carbons (Fsp3) is 0.222. The summed E-state index contributed by atoms with van der Waals surface area (Å²) in [6, 6.07) is 18.7. The van der Waals surface area contributed by atoms with Crippen LogP contribution in [-0.4, -0.2) is 17.9 Å². The quantitative estimate of drug-likeness (QED) is 0.462. The van der Waals surface area contributed by atoms with Crippen LogP contribution >= 0.6 is 12.2 Å². The molecule has 0 saturated heterocycles. The molecular formula is C18H22N4S. The molecule has 0 amide bonds. The predicted molar refractivity (Wildman–Crippen MR) is 102 cm³/mol. The third-order valence-electron chi connectivity index (χ3n) is 3.40. The number of unbranched alkanes of at least 4 members (excludes halogenated alkanes) is 1. The second-order valence-corrected chi connectivity index (χ2v) is 5.61. The summed E-state index contributed by atoms with van der Waals surface area (Å²) in [6.45, 7) is 3.20. The molecule has 4 nitrogen and oxygen atoms in total. The van der Waals surface area contributed by atoms with Crippen molar-refractivity contribution in [2.24, 2.45) is 10.8 Å². The normalized spacial score (nSPS) is 10.7. The molecule has 0 atom stereocenters. The number of thiocarbonyl (C=S) groups is 1. The van der Waals surface area contributed by atoms with Crippen LogP contribution in [0.3, 0.4) is 0 Å². The molecule has 0 bridgehead atoms. The van der Waals surface area contributed by atoms with Crippen molar-refractivity contribution in [3.63, 3.8) is 0 Å². The number of nitrogens with two attached hydrogens (primary N) is 1. The minimum absolute atomic E-state index is 0.160. The van der Waals surface area contributed by atoms with Crippen LogP contribution in [0.1, 0.15) is 25.3 Å². The molecule has 3 N–H and O–H groups in total. The number of nitrogens with one attached hydrogen (secondary N) is 1. The molecule has 0 heterocycles. The smallest absolute Gasteiger partial charge is 0.184 e. The molecule has 0 spiro atoms. The number of para-hydroxylation sites is 1. The summed E-state index contributed by atoms with van der Waals surface area (Å²) in [7, 11) is 0. The number of hydrogen-bond donors (Lipinski definition) is 2. The van der Waals surface area contributed by atoms with Crippen LogP contribution in [0, 0.1) is 0 Å². The Bertz CT molecular complexity index is 638. The zero-order valence-electron chi connectivity index (χ0n) is 13.3. The number of benzene rings is 2. The zero-order valence-corrected chi connectivity index (χ0v) is 14.1. The first kappa shape index (κ1) is 17.0. The largest absolute Gasteiger partial charge is 0.375 e. The van der Waals surface area contributed by atoms with Gasteiger partial charge in [-0.15, -0.1) is 0 Å². The Morgan fingerprint density at radius 1 is 1.13 bits per heavy atom. The van der Waals surface area contributed by atoms with E-state index in [1.54, 1.807) is 6.21 Å². The Morgan fingerprint density at radius 3 is 2.39 bits per heavy atom. The van der Waals surface area contributed by atoms with Crippen molar-refractivity contribution in [3.8, 4) is 0 Å². The first-order valence-electron chi connectivity index (χ1n) is 7.72. The van der Waals surface area contributed by atoms with Crippen LogP contribution in [0.4, 0.5) is 11.4 Å². The van der Waals surface area contributed by atoms with E-state index in [1.165, 1.54) is 17.8 Å². The lowest BCUT2D eigenvalue weighted by Gasteiger charge is -2.25. The number of nitrogens with zero attached hydrogens (tertiary/aromatic N) is 2. The zero-order chi connectivity index (χ0) is 16.5. The summed E-state index contributed by atoms with van der Waals surface area (Å²) >= 11 is 4.71. The number of hydrogen-bond acceptors (Lipinski definition) is 3. The van der Waals surface area contributed by atoms with Gasteiger partial charge in [-0.3, -0.25) is 5.43 Å². The Balaban J connectivity index is 2.16. The summed E-state index contributed by atoms with van der Waals surface area (Å²) in [5.41, 5.74) is 11.2. The van der Waals surface area contributed by atoms with Gasteiger partial charge in [0, 0.05) is 17.9 Å². The van der Waals surface area contributed by atoms with Gasteiger partial charge in [0.25, 0.3) is 0 Å². The summed E-state index contributed by atoms with van der Waals surface area (Å²) in [6.07, 6.45) is 4.01. The van der Waals surface area contributed by atoms with Crippen LogP contribution in [0.5, 0.6) is 0 Å². The second kappa shape index (κ2) is 8.90. The molecule has 0 aliphatic carbocycles. The van der Waals surface area contributed by atoms with E-state index < -0.39 is 0 Å². The van der Waals surface area contributed by atoms with Crippen molar-refractivity contribution in [1.29, 1.82) is 0 Å². The lowest BCUT2D eigenvalue weighted by Crippen LogP contribution is -2.24. The molecule has 0 saturated carbocycles. The van der Waals surface area contributed by atoms with Crippen molar-refractivity contribution in [3.05, 3.63) is 60.2 Å². The van der Waals surface area contributed by atoms with Gasteiger partial charge in [-0.1, -0.05) is 43.7 Å². The lowest BCUT2D eigenvalue weighted by atomic mass is 10.1. The number of rotatable bonds is 7. The van der Waals surface area contributed by atoms with Gasteiger partial charge in [-0.05, 0) is 48.5 Å². The van der Waals surface area contributed by atoms with Gasteiger partial charge >= 0.3 is 0 Å². The molecule has 2 rings (SSSR count). The lowest BCUT2D eigenvalue weighted by molar-refractivity contribution is 0.786. The van der Waals surface area contributed by atoms with Gasteiger partial charge in [-0.2, -0.15) is 5.10 Å². The molecule has 0 fully saturated rings. The van der Waals surface area contributed by atoms with E-state index in [4.69, 9.17) is 18.0 Å². The Kier molecular flexibility index (Phi) is 6.56. The molecule has 23 heavy (non-hydrogen) atoms. The van der Waals surface area contributed by atoms with Gasteiger partial charge in [0.15, 0.2) is 5.11 Å². The molecule has 0 aromatic heterocycles. The molecule has 0 aliphatic rings. The van der Waals surface area contributed by atoms with Gasteiger partial charge in [0.2, 0.25) is 0 Å². The van der Waals surface area contributed by atoms with Gasteiger partial charge in [0.05, 0.1) is 6.21 Å². The second-order valence-electron chi connectivity index (χ2n) is 5.17. The number of anilines is 2. The van der Waals surface area contributed by atoms with Crippen LogP contribution in [0.2, 0.25) is 0 Å². The molecule has 5 heteroatoms. The van der Waals surface area contributed by atoms with Crippen LogP contribution in [0.15, 0.2) is 59.7 Å². The highest BCUT2D eigenvalue weighted by molar-refractivity contribution is 7.80. The van der Waals surface area contributed by atoms with E-state index in [9.17, 15) is 0 Å². The SMILES string of the molecule is CCCCN(c1ccccc1)c1ccc(C=NNC(N)=S)cc1. The first-order chi connectivity index (χ1) is 11.2. The summed E-state index contributed by atoms with van der Waals surface area (Å²) in [5, 5.41) is 4.13. The molecule has 120 valence electrons. The van der Waals surface area contributed by atoms with E-state index in [0.717, 1.165) is 18.5 Å². The number of hydrazone groups is 1. The third kappa shape index (κ3) is 5.38. The maximum Gasteiger partial charge on any atom is 0.184 e.